The fourth-order valence-electron chi connectivity index (χ4n) is 3.01. The Hall–Kier alpha value is -2.65. The smallest absolute Gasteiger partial charge is 0.306 e. The molecule has 4 atom stereocenters. The Morgan fingerprint density at radius 2 is 1.70 bits per heavy atom. The first-order valence-electron chi connectivity index (χ1n) is 10.0. The van der Waals surface area contributed by atoms with Gasteiger partial charge in [0.15, 0.2) is 11.9 Å². The monoisotopic (exact) mass is 423 g/mol. The van der Waals surface area contributed by atoms with Crippen LogP contribution in [0, 0.1) is 0 Å². The van der Waals surface area contributed by atoms with E-state index in [1.165, 1.54) is 19.1 Å². The van der Waals surface area contributed by atoms with E-state index in [2.05, 4.69) is 0 Å². The molecule has 9 heteroatoms. The van der Waals surface area contributed by atoms with Gasteiger partial charge < -0.3 is 29.8 Å². The van der Waals surface area contributed by atoms with E-state index in [-0.39, 0.29) is 36.5 Å². The van der Waals surface area contributed by atoms with Gasteiger partial charge in [0.1, 0.15) is 11.9 Å². The maximum absolute atomic E-state index is 12.2. The number of nitrogen functional groups attached to an aromatic ring is 1. The van der Waals surface area contributed by atoms with E-state index in [0.717, 1.165) is 0 Å². The molecule has 1 aliphatic heterocycles. The SMILES string of the molecule is CCCC(=O)O[C@@H]1[C@@H](OC(=O)CCC)[C@H](Oc2ccc(N)cc2C(C)=O)OC[C@H]1O. The van der Waals surface area contributed by atoms with Gasteiger partial charge in [-0.2, -0.15) is 0 Å². The first-order chi connectivity index (χ1) is 14.3. The van der Waals surface area contributed by atoms with Crippen LogP contribution >= 0.6 is 0 Å². The molecule has 166 valence electrons. The summed E-state index contributed by atoms with van der Waals surface area (Å²) in [4.78, 5) is 36.2. The zero-order valence-electron chi connectivity index (χ0n) is 17.5. The fourth-order valence-corrected chi connectivity index (χ4v) is 3.01. The van der Waals surface area contributed by atoms with Crippen molar-refractivity contribution in [2.24, 2.45) is 0 Å². The molecule has 1 saturated heterocycles. The Labute approximate surface area is 175 Å². The zero-order chi connectivity index (χ0) is 22.3. The highest BCUT2D eigenvalue weighted by molar-refractivity contribution is 5.97. The van der Waals surface area contributed by atoms with Gasteiger partial charge in [-0.05, 0) is 38.0 Å². The number of ether oxygens (including phenoxy) is 4. The van der Waals surface area contributed by atoms with Crippen molar-refractivity contribution in [2.75, 3.05) is 12.3 Å². The molecular weight excluding hydrogens is 394 g/mol. The third kappa shape index (κ3) is 6.17. The van der Waals surface area contributed by atoms with Crippen LogP contribution in [0.4, 0.5) is 5.69 Å². The number of ketones is 1. The quantitative estimate of drug-likeness (QED) is 0.347. The molecule has 1 fully saturated rings. The van der Waals surface area contributed by atoms with E-state index < -0.39 is 36.5 Å². The van der Waals surface area contributed by atoms with Crippen LogP contribution in [0.15, 0.2) is 18.2 Å². The zero-order valence-corrected chi connectivity index (χ0v) is 17.5. The molecule has 1 aromatic carbocycles. The summed E-state index contributed by atoms with van der Waals surface area (Å²) >= 11 is 0. The van der Waals surface area contributed by atoms with Crippen LogP contribution in [-0.2, 0) is 23.8 Å². The van der Waals surface area contributed by atoms with Gasteiger partial charge in [0.25, 0.3) is 0 Å². The number of aliphatic hydroxyl groups is 1. The minimum Gasteiger partial charge on any atom is -0.460 e. The molecule has 0 saturated carbocycles. The Bertz CT molecular complexity index is 765. The van der Waals surface area contributed by atoms with Crippen molar-refractivity contribution >= 4 is 23.4 Å². The largest absolute Gasteiger partial charge is 0.460 e. The van der Waals surface area contributed by atoms with Crippen LogP contribution in [0.25, 0.3) is 0 Å². The molecule has 2 rings (SSSR count). The lowest BCUT2D eigenvalue weighted by molar-refractivity contribution is -0.257. The lowest BCUT2D eigenvalue weighted by atomic mass is 10.0. The summed E-state index contributed by atoms with van der Waals surface area (Å²) in [6.07, 6.45) is -3.39. The average molecular weight is 423 g/mol. The van der Waals surface area contributed by atoms with Gasteiger partial charge in [0.2, 0.25) is 12.4 Å². The number of esters is 2. The lowest BCUT2D eigenvalue weighted by Crippen LogP contribution is -2.58. The van der Waals surface area contributed by atoms with Crippen molar-refractivity contribution in [1.82, 2.24) is 0 Å². The number of carbonyl (C=O) groups excluding carboxylic acids is 3. The normalized spacial score (nSPS) is 23.5. The van der Waals surface area contributed by atoms with Crippen LogP contribution in [0.1, 0.15) is 56.8 Å². The summed E-state index contributed by atoms with van der Waals surface area (Å²) in [6.45, 7) is 4.78. The Kier molecular flexibility index (Phi) is 8.61. The number of carbonyl (C=O) groups is 3. The Morgan fingerprint density at radius 3 is 2.27 bits per heavy atom. The second-order valence-corrected chi connectivity index (χ2v) is 7.11. The van der Waals surface area contributed by atoms with Crippen molar-refractivity contribution < 1.29 is 38.4 Å². The number of rotatable bonds is 9. The second kappa shape index (κ2) is 10.9. The fraction of sp³-hybridized carbons (Fsp3) is 0.571. The topological polar surface area (TPSA) is 134 Å². The number of Topliss-reactive ketones (excluding diaryl/α,β-unsaturated/α-hetero) is 1. The number of benzene rings is 1. The van der Waals surface area contributed by atoms with Crippen LogP contribution in [-0.4, -0.2) is 54.0 Å². The second-order valence-electron chi connectivity index (χ2n) is 7.11. The lowest BCUT2D eigenvalue weighted by Gasteiger charge is -2.39. The molecular formula is C21H29NO8. The van der Waals surface area contributed by atoms with E-state index in [0.29, 0.717) is 18.5 Å². The van der Waals surface area contributed by atoms with Gasteiger partial charge in [-0.3, -0.25) is 14.4 Å². The van der Waals surface area contributed by atoms with Crippen molar-refractivity contribution in [1.29, 1.82) is 0 Å². The first-order valence-corrected chi connectivity index (χ1v) is 10.0. The maximum atomic E-state index is 12.2. The number of aliphatic hydroxyl groups excluding tert-OH is 1. The Morgan fingerprint density at radius 1 is 1.10 bits per heavy atom. The van der Waals surface area contributed by atoms with Gasteiger partial charge in [0, 0.05) is 18.5 Å². The molecule has 0 radical (unpaired) electrons. The molecule has 0 aliphatic carbocycles. The average Bonchev–Trinajstić information content (AvgIpc) is 2.68. The number of anilines is 1. The van der Waals surface area contributed by atoms with E-state index in [1.54, 1.807) is 6.07 Å². The standard InChI is InChI=1S/C21H29NO8/c1-4-6-17(25)29-19-15(24)11-27-21(20(19)30-18(26)7-5-2)28-16-9-8-13(22)10-14(16)12(3)23/h8-10,15,19-21,24H,4-7,11,22H2,1-3H3/t15-,19+,20-,21+/m1/s1. The number of hydrogen-bond donors (Lipinski definition) is 2. The molecule has 30 heavy (non-hydrogen) atoms. The summed E-state index contributed by atoms with van der Waals surface area (Å²) in [5.41, 5.74) is 6.35. The third-order valence-electron chi connectivity index (χ3n) is 4.47. The van der Waals surface area contributed by atoms with Gasteiger partial charge in [-0.1, -0.05) is 13.8 Å². The van der Waals surface area contributed by atoms with Crippen molar-refractivity contribution in [3.63, 3.8) is 0 Å². The molecule has 0 amide bonds. The third-order valence-corrected chi connectivity index (χ3v) is 4.47. The molecule has 0 aromatic heterocycles. The predicted molar refractivity (Wildman–Crippen MR) is 107 cm³/mol. The van der Waals surface area contributed by atoms with Crippen LogP contribution < -0.4 is 10.5 Å². The summed E-state index contributed by atoms with van der Waals surface area (Å²) in [6, 6.07) is 4.52. The van der Waals surface area contributed by atoms with Crippen molar-refractivity contribution in [3.05, 3.63) is 23.8 Å². The number of hydrogen-bond acceptors (Lipinski definition) is 9. The molecule has 0 unspecified atom stereocenters. The van der Waals surface area contributed by atoms with E-state index >= 15 is 0 Å². The van der Waals surface area contributed by atoms with Crippen molar-refractivity contribution in [2.45, 2.75) is 71.1 Å². The highest BCUT2D eigenvalue weighted by atomic mass is 16.7. The predicted octanol–water partition coefficient (Wildman–Crippen LogP) is 1.99. The molecule has 9 nitrogen and oxygen atoms in total. The van der Waals surface area contributed by atoms with Gasteiger partial charge in [-0.25, -0.2) is 0 Å². The summed E-state index contributed by atoms with van der Waals surface area (Å²) in [7, 11) is 0. The highest BCUT2D eigenvalue weighted by Crippen LogP contribution is 2.29. The van der Waals surface area contributed by atoms with Gasteiger partial charge in [0.05, 0.1) is 12.2 Å². The van der Waals surface area contributed by atoms with Crippen LogP contribution in [0.5, 0.6) is 5.75 Å². The van der Waals surface area contributed by atoms with E-state index in [9.17, 15) is 19.5 Å². The van der Waals surface area contributed by atoms with E-state index in [1.807, 2.05) is 13.8 Å². The van der Waals surface area contributed by atoms with E-state index in [4.69, 9.17) is 24.7 Å². The number of nitrogens with two attached hydrogens (primary N) is 1. The molecule has 1 aromatic rings. The van der Waals surface area contributed by atoms with Crippen molar-refractivity contribution in [3.8, 4) is 5.75 Å². The minimum absolute atomic E-state index is 0.134. The summed E-state index contributed by atoms with van der Waals surface area (Å²) in [5.74, 6) is -1.18. The molecule has 0 spiro atoms. The maximum Gasteiger partial charge on any atom is 0.306 e. The first kappa shape index (κ1) is 23.6. The molecule has 1 aliphatic rings. The van der Waals surface area contributed by atoms with Crippen LogP contribution in [0.3, 0.4) is 0 Å². The van der Waals surface area contributed by atoms with Gasteiger partial charge >= 0.3 is 11.9 Å². The summed E-state index contributed by atoms with van der Waals surface area (Å²) in [5, 5.41) is 10.3. The molecule has 3 N–H and O–H groups in total. The van der Waals surface area contributed by atoms with Gasteiger partial charge in [-0.15, -0.1) is 0 Å². The highest BCUT2D eigenvalue weighted by Gasteiger charge is 2.46. The van der Waals surface area contributed by atoms with Crippen LogP contribution in [0.2, 0.25) is 0 Å². The summed E-state index contributed by atoms with van der Waals surface area (Å²) < 4.78 is 22.2. The Balaban J connectivity index is 2.32. The minimum atomic E-state index is -1.22. The molecule has 0 bridgehead atoms. The molecule has 1 heterocycles.